The lowest BCUT2D eigenvalue weighted by Gasteiger charge is -2.40. The maximum Gasteiger partial charge on any atom is 0.329 e. The van der Waals surface area contributed by atoms with Gasteiger partial charge in [0.15, 0.2) is 5.78 Å². The highest BCUT2D eigenvalue weighted by atomic mass is 19.1. The molecule has 1 atom stereocenters. The summed E-state index contributed by atoms with van der Waals surface area (Å²) >= 11 is 0. The Hall–Kier alpha value is -3.99. The zero-order chi connectivity index (χ0) is 22.3. The third kappa shape index (κ3) is 3.24. The number of hydrogen-bond donors (Lipinski definition) is 1. The minimum atomic E-state index is -0.812. The molecule has 2 N–H and O–H groups in total. The van der Waals surface area contributed by atoms with Gasteiger partial charge in [0, 0.05) is 30.3 Å². The van der Waals surface area contributed by atoms with Crippen LogP contribution in [0.25, 0.3) is 0 Å². The molecule has 1 unspecified atom stereocenters. The predicted octanol–water partition coefficient (Wildman–Crippen LogP) is 3.36. The fourth-order valence-corrected chi connectivity index (χ4v) is 4.27. The topological polar surface area (TPSA) is 108 Å². The number of benzene rings is 2. The average Bonchev–Trinajstić information content (AvgIpc) is 3.15. The molecule has 156 valence electrons. The number of nitrogens with two attached hydrogens (primary N) is 1. The van der Waals surface area contributed by atoms with Gasteiger partial charge in [0.25, 0.3) is 0 Å². The van der Waals surface area contributed by atoms with E-state index in [1.807, 2.05) is 6.07 Å². The number of urea groups is 1. The maximum absolute atomic E-state index is 13.4. The Morgan fingerprint density at radius 2 is 2.00 bits per heavy atom. The SMILES string of the molecule is CN1C(=O)N(c2cccc(CF)c2)C2=C(C(=O)CC2)C1c1ccc(C#N)cc1C(N)=O. The summed E-state index contributed by atoms with van der Waals surface area (Å²) in [6.07, 6.45) is 0.579. The number of likely N-dealkylation sites (N-methyl/N-ethyl adjacent to an activating group) is 1. The minimum Gasteiger partial charge on any atom is -0.366 e. The lowest BCUT2D eigenvalue weighted by Crippen LogP contribution is -2.48. The lowest BCUT2D eigenvalue weighted by molar-refractivity contribution is -0.115. The number of Topliss-reactive ketones (excluding diaryl/α,β-unsaturated/α-hetero) is 1. The van der Waals surface area contributed by atoms with Gasteiger partial charge < -0.3 is 10.6 Å². The second-order valence-corrected chi connectivity index (χ2v) is 7.50. The van der Waals surface area contributed by atoms with Gasteiger partial charge in [-0.2, -0.15) is 5.26 Å². The molecule has 0 saturated heterocycles. The van der Waals surface area contributed by atoms with Crippen LogP contribution in [0.4, 0.5) is 14.9 Å². The summed E-state index contributed by atoms with van der Waals surface area (Å²) in [6.45, 7) is -0.674. The van der Waals surface area contributed by atoms with Crippen molar-refractivity contribution in [2.75, 3.05) is 11.9 Å². The van der Waals surface area contributed by atoms with E-state index in [2.05, 4.69) is 0 Å². The number of allylic oxidation sites excluding steroid dienone is 1. The predicted molar refractivity (Wildman–Crippen MR) is 111 cm³/mol. The third-order valence-corrected chi connectivity index (χ3v) is 5.69. The Labute approximate surface area is 178 Å². The average molecular weight is 418 g/mol. The first kappa shape index (κ1) is 20.3. The molecule has 2 aromatic rings. The number of nitriles is 1. The molecule has 1 aliphatic heterocycles. The van der Waals surface area contributed by atoms with E-state index >= 15 is 0 Å². The zero-order valence-corrected chi connectivity index (χ0v) is 16.8. The van der Waals surface area contributed by atoms with Gasteiger partial charge in [-0.1, -0.05) is 18.2 Å². The fraction of sp³-hybridized carbons (Fsp3) is 0.217. The number of carbonyl (C=O) groups is 3. The summed E-state index contributed by atoms with van der Waals surface area (Å²) in [5, 5.41) is 9.17. The van der Waals surface area contributed by atoms with Crippen LogP contribution in [0.15, 0.2) is 53.7 Å². The molecule has 0 spiro atoms. The van der Waals surface area contributed by atoms with Crippen molar-refractivity contribution in [3.05, 3.63) is 76.0 Å². The van der Waals surface area contributed by atoms with Crippen LogP contribution in [0.2, 0.25) is 0 Å². The summed E-state index contributed by atoms with van der Waals surface area (Å²) in [6, 6.07) is 11.7. The van der Waals surface area contributed by atoms with Crippen LogP contribution in [0.1, 0.15) is 45.9 Å². The van der Waals surface area contributed by atoms with E-state index in [0.29, 0.717) is 34.5 Å². The second-order valence-electron chi connectivity index (χ2n) is 7.50. The first-order valence-electron chi connectivity index (χ1n) is 9.69. The number of alkyl halides is 1. The van der Waals surface area contributed by atoms with Gasteiger partial charge in [-0.25, -0.2) is 9.18 Å². The number of ketones is 1. The number of anilines is 1. The fourth-order valence-electron chi connectivity index (χ4n) is 4.27. The number of carbonyl (C=O) groups excluding carboxylic acids is 3. The van der Waals surface area contributed by atoms with Crippen LogP contribution in [0, 0.1) is 11.3 Å². The van der Waals surface area contributed by atoms with Crippen molar-refractivity contribution in [1.29, 1.82) is 5.26 Å². The highest BCUT2D eigenvalue weighted by Crippen LogP contribution is 2.45. The molecule has 8 heteroatoms. The van der Waals surface area contributed by atoms with Crippen LogP contribution in [-0.4, -0.2) is 29.7 Å². The molecule has 0 radical (unpaired) electrons. The Kier molecular flexibility index (Phi) is 5.03. The van der Waals surface area contributed by atoms with Crippen LogP contribution < -0.4 is 10.6 Å². The smallest absolute Gasteiger partial charge is 0.329 e. The highest BCUT2D eigenvalue weighted by Gasteiger charge is 2.45. The standard InChI is InChI=1S/C23H19FN4O3/c1-27-21(16-6-5-14(12-25)10-17(16)22(26)30)20-18(7-8-19(20)29)28(23(27)31)15-4-2-3-13(9-15)11-24/h2-6,9-10,21H,7-8,11H2,1H3,(H2,26,30). The van der Waals surface area contributed by atoms with Crippen LogP contribution in [0.3, 0.4) is 0 Å². The van der Waals surface area contributed by atoms with Gasteiger partial charge in [0.2, 0.25) is 5.91 Å². The summed E-state index contributed by atoms with van der Waals surface area (Å²) in [5.41, 5.74) is 8.11. The normalized spacial score (nSPS) is 18.3. The first-order valence-corrected chi connectivity index (χ1v) is 9.69. The van der Waals surface area contributed by atoms with Crippen molar-refractivity contribution in [1.82, 2.24) is 4.90 Å². The molecule has 4 rings (SSSR count). The quantitative estimate of drug-likeness (QED) is 0.821. The number of rotatable bonds is 4. The van der Waals surface area contributed by atoms with E-state index in [9.17, 15) is 24.0 Å². The molecule has 2 aliphatic rings. The van der Waals surface area contributed by atoms with Gasteiger partial charge in [-0.05, 0) is 41.8 Å². The van der Waals surface area contributed by atoms with E-state index in [1.54, 1.807) is 30.3 Å². The van der Waals surface area contributed by atoms with Crippen molar-refractivity contribution < 1.29 is 18.8 Å². The number of amides is 3. The van der Waals surface area contributed by atoms with E-state index in [1.165, 1.54) is 29.0 Å². The molecule has 0 fully saturated rings. The van der Waals surface area contributed by atoms with Crippen molar-refractivity contribution in [3.8, 4) is 6.07 Å². The Bertz CT molecular complexity index is 1200. The van der Waals surface area contributed by atoms with Crippen LogP contribution >= 0.6 is 0 Å². The molecule has 2 aromatic carbocycles. The Morgan fingerprint density at radius 1 is 1.23 bits per heavy atom. The molecule has 0 aromatic heterocycles. The van der Waals surface area contributed by atoms with Gasteiger partial charge in [-0.15, -0.1) is 0 Å². The van der Waals surface area contributed by atoms with Crippen molar-refractivity contribution in [2.45, 2.75) is 25.6 Å². The summed E-state index contributed by atoms with van der Waals surface area (Å²) in [7, 11) is 1.54. The molecule has 31 heavy (non-hydrogen) atoms. The van der Waals surface area contributed by atoms with Gasteiger partial charge >= 0.3 is 6.03 Å². The minimum absolute atomic E-state index is 0.0862. The zero-order valence-electron chi connectivity index (χ0n) is 16.8. The summed E-state index contributed by atoms with van der Waals surface area (Å²) in [5.74, 6) is -0.885. The molecule has 0 bridgehead atoms. The monoisotopic (exact) mass is 418 g/mol. The molecule has 0 saturated carbocycles. The van der Waals surface area contributed by atoms with Crippen LogP contribution in [0.5, 0.6) is 0 Å². The van der Waals surface area contributed by atoms with E-state index < -0.39 is 24.7 Å². The molecule has 7 nitrogen and oxygen atoms in total. The van der Waals surface area contributed by atoms with E-state index in [4.69, 9.17) is 5.73 Å². The number of nitrogens with zero attached hydrogens (tertiary/aromatic N) is 3. The van der Waals surface area contributed by atoms with Gasteiger partial charge in [0.1, 0.15) is 6.67 Å². The second kappa shape index (κ2) is 7.69. The van der Waals surface area contributed by atoms with Crippen molar-refractivity contribution >= 4 is 23.4 Å². The Morgan fingerprint density at radius 3 is 2.68 bits per heavy atom. The molecule has 1 aliphatic carbocycles. The number of primary amides is 1. The highest BCUT2D eigenvalue weighted by molar-refractivity contribution is 6.08. The summed E-state index contributed by atoms with van der Waals surface area (Å²) in [4.78, 5) is 41.2. The number of halogens is 1. The van der Waals surface area contributed by atoms with E-state index in [-0.39, 0.29) is 23.3 Å². The van der Waals surface area contributed by atoms with Crippen molar-refractivity contribution in [3.63, 3.8) is 0 Å². The maximum atomic E-state index is 13.4. The Balaban J connectivity index is 1.92. The van der Waals surface area contributed by atoms with Crippen LogP contribution in [-0.2, 0) is 11.5 Å². The lowest BCUT2D eigenvalue weighted by atomic mass is 9.89. The molecular formula is C23H19FN4O3. The molecule has 1 heterocycles. The summed E-state index contributed by atoms with van der Waals surface area (Å²) < 4.78 is 13.2. The number of hydrogen-bond acceptors (Lipinski definition) is 4. The molecular weight excluding hydrogens is 399 g/mol. The first-order chi connectivity index (χ1) is 14.9. The van der Waals surface area contributed by atoms with Gasteiger partial charge in [-0.3, -0.25) is 14.5 Å². The molecule has 3 amide bonds. The largest absolute Gasteiger partial charge is 0.366 e. The third-order valence-electron chi connectivity index (χ3n) is 5.69. The van der Waals surface area contributed by atoms with Gasteiger partial charge in [0.05, 0.1) is 23.4 Å². The van der Waals surface area contributed by atoms with E-state index in [0.717, 1.165) is 0 Å². The van der Waals surface area contributed by atoms with Crippen molar-refractivity contribution in [2.24, 2.45) is 5.73 Å².